The zero-order valence-corrected chi connectivity index (χ0v) is 7.21. The van der Waals surface area contributed by atoms with E-state index in [0.717, 1.165) is 0 Å². The number of hydrogen-bond donors (Lipinski definition) is 1. The third-order valence-corrected chi connectivity index (χ3v) is 1.52. The first-order chi connectivity index (χ1) is 6.24. The van der Waals surface area contributed by atoms with Crippen molar-refractivity contribution in [2.75, 3.05) is 19.0 Å². The summed E-state index contributed by atoms with van der Waals surface area (Å²) in [4.78, 5) is 10.7. The van der Waals surface area contributed by atoms with Gasteiger partial charge in [-0.05, 0) is 12.1 Å². The summed E-state index contributed by atoms with van der Waals surface area (Å²) in [5, 5.41) is 2.61. The molecule has 0 unspecified atom stereocenters. The number of methoxy groups -OCH3 is 1. The Morgan fingerprint density at radius 1 is 1.54 bits per heavy atom. The second kappa shape index (κ2) is 4.45. The Balaban J connectivity index is 2.54. The predicted octanol–water partition coefficient (Wildman–Crippen LogP) is 1.41. The van der Waals surface area contributed by atoms with Crippen molar-refractivity contribution in [1.82, 2.24) is 0 Å². The molecule has 0 amide bonds. The van der Waals surface area contributed by atoms with Crippen molar-refractivity contribution in [1.29, 1.82) is 0 Å². The van der Waals surface area contributed by atoms with Crippen molar-refractivity contribution in [3.8, 4) is 0 Å². The summed E-state index contributed by atoms with van der Waals surface area (Å²) in [5.74, 6) is -0.811. The Bertz CT molecular complexity index is 301. The number of rotatable bonds is 3. The Morgan fingerprint density at radius 2 is 2.23 bits per heavy atom. The molecule has 0 saturated heterocycles. The first-order valence-electron chi connectivity index (χ1n) is 3.79. The van der Waals surface area contributed by atoms with Crippen LogP contribution >= 0.6 is 0 Å². The minimum atomic E-state index is -0.428. The molecule has 0 saturated carbocycles. The highest BCUT2D eigenvalue weighted by atomic mass is 19.1. The van der Waals surface area contributed by atoms with Crippen LogP contribution in [0.15, 0.2) is 24.3 Å². The maximum Gasteiger partial charge on any atom is 0.325 e. The Morgan fingerprint density at radius 3 is 2.85 bits per heavy atom. The predicted molar refractivity (Wildman–Crippen MR) is 46.9 cm³/mol. The molecular formula is C9H10FNO2. The van der Waals surface area contributed by atoms with Crippen LogP contribution < -0.4 is 5.32 Å². The molecule has 0 radical (unpaired) electrons. The summed E-state index contributed by atoms with van der Waals surface area (Å²) >= 11 is 0. The average molecular weight is 183 g/mol. The lowest BCUT2D eigenvalue weighted by atomic mass is 10.3. The van der Waals surface area contributed by atoms with E-state index in [1.54, 1.807) is 18.2 Å². The number of hydrogen-bond acceptors (Lipinski definition) is 3. The molecule has 1 aromatic carbocycles. The second-order valence-corrected chi connectivity index (χ2v) is 2.41. The molecule has 0 atom stereocenters. The van der Waals surface area contributed by atoms with Gasteiger partial charge in [-0.2, -0.15) is 0 Å². The van der Waals surface area contributed by atoms with E-state index in [4.69, 9.17) is 0 Å². The van der Waals surface area contributed by atoms with Crippen LogP contribution in [0, 0.1) is 5.82 Å². The highest BCUT2D eigenvalue weighted by molar-refractivity contribution is 5.74. The minimum absolute atomic E-state index is 0.0303. The van der Waals surface area contributed by atoms with Crippen LogP contribution in [0.5, 0.6) is 0 Å². The normalized spacial score (nSPS) is 9.38. The largest absolute Gasteiger partial charge is 0.468 e. The first-order valence-corrected chi connectivity index (χ1v) is 3.79. The van der Waals surface area contributed by atoms with Gasteiger partial charge in [0.1, 0.15) is 12.4 Å². The van der Waals surface area contributed by atoms with Gasteiger partial charge in [0.05, 0.1) is 12.8 Å². The maximum absolute atomic E-state index is 12.9. The zero-order valence-electron chi connectivity index (χ0n) is 7.21. The fraction of sp³-hybridized carbons (Fsp3) is 0.222. The molecule has 3 nitrogen and oxygen atoms in total. The van der Waals surface area contributed by atoms with Gasteiger partial charge in [-0.25, -0.2) is 4.39 Å². The number of benzene rings is 1. The molecule has 0 spiro atoms. The quantitative estimate of drug-likeness (QED) is 0.720. The molecule has 0 aliphatic rings. The van der Waals surface area contributed by atoms with Crippen LogP contribution in [-0.2, 0) is 9.53 Å². The number of esters is 1. The van der Waals surface area contributed by atoms with E-state index in [1.165, 1.54) is 13.2 Å². The zero-order chi connectivity index (χ0) is 9.68. The fourth-order valence-corrected chi connectivity index (χ4v) is 0.844. The molecule has 0 heterocycles. The van der Waals surface area contributed by atoms with Crippen molar-refractivity contribution in [3.63, 3.8) is 0 Å². The van der Waals surface area contributed by atoms with E-state index in [2.05, 4.69) is 10.1 Å². The van der Waals surface area contributed by atoms with E-state index < -0.39 is 5.97 Å². The summed E-state index contributed by atoms with van der Waals surface area (Å²) in [5.41, 5.74) is 0.299. The van der Waals surface area contributed by atoms with E-state index >= 15 is 0 Å². The van der Waals surface area contributed by atoms with Crippen molar-refractivity contribution in [2.24, 2.45) is 0 Å². The molecule has 0 aliphatic heterocycles. The first kappa shape index (κ1) is 9.51. The van der Waals surface area contributed by atoms with Gasteiger partial charge in [0, 0.05) is 0 Å². The van der Waals surface area contributed by atoms with E-state index in [9.17, 15) is 9.18 Å². The van der Waals surface area contributed by atoms with Crippen LogP contribution in [0.2, 0.25) is 0 Å². The van der Waals surface area contributed by atoms with Gasteiger partial charge in [0.25, 0.3) is 0 Å². The summed E-state index contributed by atoms with van der Waals surface area (Å²) in [7, 11) is 1.28. The lowest BCUT2D eigenvalue weighted by molar-refractivity contribution is -0.138. The molecule has 0 aromatic heterocycles. The van der Waals surface area contributed by atoms with Crippen LogP contribution in [0.25, 0.3) is 0 Å². The van der Waals surface area contributed by atoms with Crippen molar-refractivity contribution in [2.45, 2.75) is 0 Å². The van der Waals surface area contributed by atoms with Crippen LogP contribution in [-0.4, -0.2) is 19.6 Å². The monoisotopic (exact) mass is 183 g/mol. The number of carbonyl (C=O) groups excluding carboxylic acids is 1. The Kier molecular flexibility index (Phi) is 3.25. The lowest BCUT2D eigenvalue weighted by Gasteiger charge is -2.04. The molecular weight excluding hydrogens is 173 g/mol. The number of para-hydroxylation sites is 1. The number of carbonyl (C=O) groups is 1. The van der Waals surface area contributed by atoms with Gasteiger partial charge in [-0.15, -0.1) is 0 Å². The van der Waals surface area contributed by atoms with Crippen molar-refractivity contribution >= 4 is 11.7 Å². The molecule has 4 heteroatoms. The van der Waals surface area contributed by atoms with Crippen LogP contribution in [0.4, 0.5) is 10.1 Å². The Labute approximate surface area is 75.5 Å². The van der Waals surface area contributed by atoms with Gasteiger partial charge in [0.15, 0.2) is 0 Å². The number of halogens is 1. The van der Waals surface area contributed by atoms with E-state index in [1.807, 2.05) is 0 Å². The smallest absolute Gasteiger partial charge is 0.325 e. The summed E-state index contributed by atoms with van der Waals surface area (Å²) in [6.07, 6.45) is 0. The van der Waals surface area contributed by atoms with Crippen molar-refractivity contribution < 1.29 is 13.9 Å². The van der Waals surface area contributed by atoms with Gasteiger partial charge >= 0.3 is 5.97 Å². The molecule has 1 N–H and O–H groups in total. The fourth-order valence-electron chi connectivity index (χ4n) is 0.844. The standard InChI is InChI=1S/C9H10FNO2/c1-13-9(12)6-11-8-5-3-2-4-7(8)10/h2-5,11H,6H2,1H3. The molecule has 0 bridgehead atoms. The lowest BCUT2D eigenvalue weighted by Crippen LogP contribution is -2.15. The minimum Gasteiger partial charge on any atom is -0.468 e. The summed E-state index contributed by atoms with van der Waals surface area (Å²) in [6.45, 7) is -0.0303. The number of nitrogens with one attached hydrogen (secondary N) is 1. The summed E-state index contributed by atoms with van der Waals surface area (Å²) in [6, 6.07) is 6.14. The van der Waals surface area contributed by atoms with Crippen LogP contribution in [0.1, 0.15) is 0 Å². The summed E-state index contributed by atoms with van der Waals surface area (Å²) < 4.78 is 17.3. The third kappa shape index (κ3) is 2.74. The SMILES string of the molecule is COC(=O)CNc1ccccc1F. The van der Waals surface area contributed by atoms with E-state index in [-0.39, 0.29) is 12.4 Å². The molecule has 0 fully saturated rings. The van der Waals surface area contributed by atoms with Gasteiger partial charge in [0.2, 0.25) is 0 Å². The average Bonchev–Trinajstić information content (AvgIpc) is 2.16. The molecule has 70 valence electrons. The maximum atomic E-state index is 12.9. The van der Waals surface area contributed by atoms with Gasteiger partial charge < -0.3 is 10.1 Å². The van der Waals surface area contributed by atoms with Gasteiger partial charge in [-0.1, -0.05) is 12.1 Å². The Hall–Kier alpha value is -1.58. The molecule has 13 heavy (non-hydrogen) atoms. The van der Waals surface area contributed by atoms with Crippen molar-refractivity contribution in [3.05, 3.63) is 30.1 Å². The number of anilines is 1. The second-order valence-electron chi connectivity index (χ2n) is 2.41. The van der Waals surface area contributed by atoms with Crippen LogP contribution in [0.3, 0.4) is 0 Å². The topological polar surface area (TPSA) is 38.3 Å². The molecule has 1 aromatic rings. The molecule has 1 rings (SSSR count). The third-order valence-electron chi connectivity index (χ3n) is 1.52. The number of ether oxygens (including phenoxy) is 1. The highest BCUT2D eigenvalue weighted by Crippen LogP contribution is 2.11. The van der Waals surface area contributed by atoms with Gasteiger partial charge in [-0.3, -0.25) is 4.79 Å². The van der Waals surface area contributed by atoms with E-state index in [0.29, 0.717) is 5.69 Å². The molecule has 0 aliphatic carbocycles. The highest BCUT2D eigenvalue weighted by Gasteiger charge is 2.02.